The van der Waals surface area contributed by atoms with Crippen molar-refractivity contribution in [2.75, 3.05) is 13.7 Å². The molecule has 2 rings (SSSR count). The summed E-state index contributed by atoms with van der Waals surface area (Å²) in [4.78, 5) is 0. The second kappa shape index (κ2) is 7.11. The summed E-state index contributed by atoms with van der Waals surface area (Å²) < 4.78 is 5.39. The van der Waals surface area contributed by atoms with Crippen molar-refractivity contribution in [3.8, 4) is 5.75 Å². The smallest absolute Gasteiger partial charge is 0.123 e. The number of hydrogen-bond donors (Lipinski definition) is 1. The second-order valence-corrected chi connectivity index (χ2v) is 5.23. The molecule has 0 aliphatic carbocycles. The summed E-state index contributed by atoms with van der Waals surface area (Å²) in [7, 11) is 1.72. The summed E-state index contributed by atoms with van der Waals surface area (Å²) in [6.45, 7) is 6.06. The fourth-order valence-electron chi connectivity index (χ4n) is 2.37. The van der Waals surface area contributed by atoms with E-state index in [2.05, 4.69) is 55.6 Å². The van der Waals surface area contributed by atoms with Crippen LogP contribution in [0.15, 0.2) is 42.5 Å². The lowest BCUT2D eigenvalue weighted by atomic mass is 10.1. The molecule has 1 N–H and O–H groups in total. The second-order valence-electron chi connectivity index (χ2n) is 5.23. The summed E-state index contributed by atoms with van der Waals surface area (Å²) in [6.07, 6.45) is 1.05. The third-order valence-corrected chi connectivity index (χ3v) is 3.42. The Hall–Kier alpha value is -1.80. The fourth-order valence-corrected chi connectivity index (χ4v) is 2.37. The summed E-state index contributed by atoms with van der Waals surface area (Å²) >= 11 is 0. The standard InChI is InChI=1S/C18H23NO/c1-14-5-4-6-16(11-14)9-10-19-13-17-12-15(2)7-8-18(17)20-3/h4-8,11-12,19H,9-10,13H2,1-3H3. The molecule has 106 valence electrons. The minimum absolute atomic E-state index is 0.844. The molecular weight excluding hydrogens is 246 g/mol. The summed E-state index contributed by atoms with van der Waals surface area (Å²) in [5.74, 6) is 0.957. The Morgan fingerprint density at radius 1 is 1.00 bits per heavy atom. The molecule has 0 bridgehead atoms. The topological polar surface area (TPSA) is 21.3 Å². The highest BCUT2D eigenvalue weighted by atomic mass is 16.5. The molecule has 0 radical (unpaired) electrons. The van der Waals surface area contributed by atoms with E-state index < -0.39 is 0 Å². The van der Waals surface area contributed by atoms with Gasteiger partial charge in [0.05, 0.1) is 7.11 Å². The largest absolute Gasteiger partial charge is 0.496 e. The first kappa shape index (κ1) is 14.6. The highest BCUT2D eigenvalue weighted by molar-refractivity contribution is 5.36. The zero-order chi connectivity index (χ0) is 14.4. The van der Waals surface area contributed by atoms with Crippen LogP contribution in [0, 0.1) is 13.8 Å². The maximum atomic E-state index is 5.39. The average Bonchev–Trinajstić information content (AvgIpc) is 2.44. The lowest BCUT2D eigenvalue weighted by Gasteiger charge is -2.11. The molecular formula is C18H23NO. The molecule has 0 amide bonds. The van der Waals surface area contributed by atoms with Gasteiger partial charge in [0.15, 0.2) is 0 Å². The van der Waals surface area contributed by atoms with E-state index >= 15 is 0 Å². The first-order valence-electron chi connectivity index (χ1n) is 7.09. The summed E-state index contributed by atoms with van der Waals surface area (Å²) in [6, 6.07) is 15.0. The van der Waals surface area contributed by atoms with E-state index in [9.17, 15) is 0 Å². The van der Waals surface area contributed by atoms with E-state index in [0.717, 1.165) is 25.3 Å². The first-order valence-corrected chi connectivity index (χ1v) is 7.09. The van der Waals surface area contributed by atoms with Gasteiger partial charge >= 0.3 is 0 Å². The normalized spacial score (nSPS) is 10.6. The SMILES string of the molecule is COc1ccc(C)cc1CNCCc1cccc(C)c1. The van der Waals surface area contributed by atoms with Crippen molar-refractivity contribution in [1.82, 2.24) is 5.32 Å². The van der Waals surface area contributed by atoms with Crippen LogP contribution < -0.4 is 10.1 Å². The number of nitrogens with one attached hydrogen (secondary N) is 1. The molecule has 0 saturated heterocycles. The fraction of sp³-hybridized carbons (Fsp3) is 0.333. The number of hydrogen-bond acceptors (Lipinski definition) is 2. The lowest BCUT2D eigenvalue weighted by Crippen LogP contribution is -2.17. The Morgan fingerprint density at radius 2 is 1.80 bits per heavy atom. The minimum Gasteiger partial charge on any atom is -0.496 e. The predicted octanol–water partition coefficient (Wildman–Crippen LogP) is 3.64. The van der Waals surface area contributed by atoms with Crippen molar-refractivity contribution in [3.05, 3.63) is 64.7 Å². The molecule has 0 spiro atoms. The number of ether oxygens (including phenoxy) is 1. The van der Waals surface area contributed by atoms with Gasteiger partial charge in [0.1, 0.15) is 5.75 Å². The molecule has 2 nitrogen and oxygen atoms in total. The summed E-state index contributed by atoms with van der Waals surface area (Å²) in [5.41, 5.74) is 5.19. The number of aryl methyl sites for hydroxylation is 2. The molecule has 2 aromatic rings. The third-order valence-electron chi connectivity index (χ3n) is 3.42. The van der Waals surface area contributed by atoms with Crippen LogP contribution in [0.2, 0.25) is 0 Å². The van der Waals surface area contributed by atoms with E-state index in [0.29, 0.717) is 0 Å². The van der Waals surface area contributed by atoms with E-state index in [1.807, 2.05) is 6.07 Å². The van der Waals surface area contributed by atoms with Crippen LogP contribution in [0.1, 0.15) is 22.3 Å². The highest BCUT2D eigenvalue weighted by Crippen LogP contribution is 2.19. The Labute approximate surface area is 121 Å². The van der Waals surface area contributed by atoms with Gasteiger partial charge in [-0.05, 0) is 38.4 Å². The molecule has 0 saturated carbocycles. The monoisotopic (exact) mass is 269 g/mol. The lowest BCUT2D eigenvalue weighted by molar-refractivity contribution is 0.407. The number of benzene rings is 2. The van der Waals surface area contributed by atoms with Crippen LogP contribution in [0.25, 0.3) is 0 Å². The van der Waals surface area contributed by atoms with Gasteiger partial charge in [0, 0.05) is 12.1 Å². The molecule has 0 aliphatic heterocycles. The molecule has 2 heteroatoms. The maximum absolute atomic E-state index is 5.39. The molecule has 0 heterocycles. The van der Waals surface area contributed by atoms with Gasteiger partial charge in [-0.2, -0.15) is 0 Å². The van der Waals surface area contributed by atoms with Gasteiger partial charge in [-0.3, -0.25) is 0 Å². The first-order chi connectivity index (χ1) is 9.69. The van der Waals surface area contributed by atoms with E-state index in [4.69, 9.17) is 4.74 Å². The molecule has 20 heavy (non-hydrogen) atoms. The number of methoxy groups -OCH3 is 1. The van der Waals surface area contributed by atoms with Crippen LogP contribution >= 0.6 is 0 Å². The van der Waals surface area contributed by atoms with Crippen LogP contribution in [-0.4, -0.2) is 13.7 Å². The van der Waals surface area contributed by atoms with Crippen molar-refractivity contribution in [2.45, 2.75) is 26.8 Å². The average molecular weight is 269 g/mol. The highest BCUT2D eigenvalue weighted by Gasteiger charge is 2.02. The predicted molar refractivity (Wildman–Crippen MR) is 84.3 cm³/mol. The van der Waals surface area contributed by atoms with Crippen LogP contribution in [-0.2, 0) is 13.0 Å². The molecule has 0 aliphatic rings. The van der Waals surface area contributed by atoms with Crippen molar-refractivity contribution in [2.24, 2.45) is 0 Å². The van der Waals surface area contributed by atoms with Gasteiger partial charge in [0.25, 0.3) is 0 Å². The van der Waals surface area contributed by atoms with E-state index in [1.165, 1.54) is 22.3 Å². The minimum atomic E-state index is 0.844. The van der Waals surface area contributed by atoms with Crippen molar-refractivity contribution < 1.29 is 4.74 Å². The summed E-state index contributed by atoms with van der Waals surface area (Å²) in [5, 5.41) is 3.49. The quantitative estimate of drug-likeness (QED) is 0.808. The van der Waals surface area contributed by atoms with Crippen LogP contribution in [0.3, 0.4) is 0 Å². The van der Waals surface area contributed by atoms with Gasteiger partial charge < -0.3 is 10.1 Å². The Kier molecular flexibility index (Phi) is 5.19. The molecule has 0 aromatic heterocycles. The zero-order valence-corrected chi connectivity index (χ0v) is 12.6. The van der Waals surface area contributed by atoms with E-state index in [-0.39, 0.29) is 0 Å². The van der Waals surface area contributed by atoms with Crippen molar-refractivity contribution >= 4 is 0 Å². The van der Waals surface area contributed by atoms with E-state index in [1.54, 1.807) is 7.11 Å². The van der Waals surface area contributed by atoms with Crippen molar-refractivity contribution in [1.29, 1.82) is 0 Å². The van der Waals surface area contributed by atoms with Gasteiger partial charge in [0.2, 0.25) is 0 Å². The third kappa shape index (κ3) is 4.10. The van der Waals surface area contributed by atoms with Crippen molar-refractivity contribution in [3.63, 3.8) is 0 Å². The molecule has 0 atom stereocenters. The van der Waals surface area contributed by atoms with Gasteiger partial charge in [-0.15, -0.1) is 0 Å². The zero-order valence-electron chi connectivity index (χ0n) is 12.6. The van der Waals surface area contributed by atoms with Gasteiger partial charge in [-0.1, -0.05) is 47.5 Å². The molecule has 2 aromatic carbocycles. The Bertz CT molecular complexity index is 563. The Balaban J connectivity index is 1.85. The van der Waals surface area contributed by atoms with Crippen LogP contribution in [0.4, 0.5) is 0 Å². The van der Waals surface area contributed by atoms with Gasteiger partial charge in [-0.25, -0.2) is 0 Å². The maximum Gasteiger partial charge on any atom is 0.123 e. The Morgan fingerprint density at radius 3 is 2.55 bits per heavy atom. The number of rotatable bonds is 6. The molecule has 0 fully saturated rings. The molecule has 0 unspecified atom stereocenters. The van der Waals surface area contributed by atoms with Crippen LogP contribution in [0.5, 0.6) is 5.75 Å².